The number of nitrogens with one attached hydrogen (secondary N) is 1. The average molecular weight is 292 g/mol. The monoisotopic (exact) mass is 292 g/mol. The van der Waals surface area contributed by atoms with Crippen LogP contribution < -0.4 is 5.32 Å². The molecule has 0 saturated heterocycles. The maximum atomic E-state index is 13.3. The second-order valence-corrected chi connectivity index (χ2v) is 4.90. The van der Waals surface area contributed by atoms with E-state index in [-0.39, 0.29) is 17.1 Å². The lowest BCUT2D eigenvalue weighted by atomic mass is 10.2. The summed E-state index contributed by atoms with van der Waals surface area (Å²) >= 11 is 0. The molecule has 21 heavy (non-hydrogen) atoms. The highest BCUT2D eigenvalue weighted by Crippen LogP contribution is 2.29. The second-order valence-electron chi connectivity index (χ2n) is 4.90. The van der Waals surface area contributed by atoms with Gasteiger partial charge in [0.05, 0.1) is 4.92 Å². The molecule has 1 aliphatic carbocycles. The molecule has 0 atom stereocenters. The molecule has 1 saturated carbocycles. The molecule has 1 N–H and O–H groups in total. The quantitative estimate of drug-likeness (QED) is 0.647. The van der Waals surface area contributed by atoms with Crippen molar-refractivity contribution in [1.29, 1.82) is 0 Å². The number of nitrogens with zero attached hydrogens (tertiary/aromatic N) is 3. The Bertz CT molecular complexity index is 669. The second kappa shape index (κ2) is 5.57. The van der Waals surface area contributed by atoms with E-state index in [1.165, 1.54) is 12.8 Å². The van der Waals surface area contributed by atoms with E-state index < -0.39 is 10.7 Å². The first-order chi connectivity index (χ1) is 10.1. The van der Waals surface area contributed by atoms with Gasteiger partial charge in [0.2, 0.25) is 5.89 Å². The Morgan fingerprint density at radius 1 is 1.43 bits per heavy atom. The standard InChI is InChI=1S/C13H13FN4O3/c14-8-1-4-11(18(19)20)10(7-8)13-17-16-12(21-13)5-6-15-9-2-3-9/h1,4,7,9,15H,2-3,5-6H2. The van der Waals surface area contributed by atoms with Crippen LogP contribution in [0.15, 0.2) is 22.6 Å². The number of aromatic nitrogens is 2. The molecule has 0 aliphatic heterocycles. The zero-order valence-corrected chi connectivity index (χ0v) is 11.1. The Kier molecular flexibility index (Phi) is 3.61. The fourth-order valence-corrected chi connectivity index (χ4v) is 1.97. The molecule has 0 radical (unpaired) electrons. The third kappa shape index (κ3) is 3.22. The van der Waals surface area contributed by atoms with Crippen LogP contribution in [0, 0.1) is 15.9 Å². The summed E-state index contributed by atoms with van der Waals surface area (Å²) in [6.45, 7) is 0.706. The van der Waals surface area contributed by atoms with E-state index in [0.29, 0.717) is 24.9 Å². The first-order valence-electron chi connectivity index (χ1n) is 6.63. The molecule has 3 rings (SSSR count). The summed E-state index contributed by atoms with van der Waals surface area (Å²) < 4.78 is 18.7. The summed E-state index contributed by atoms with van der Waals surface area (Å²) in [5.41, 5.74) is -0.267. The van der Waals surface area contributed by atoms with Gasteiger partial charge in [-0.15, -0.1) is 10.2 Å². The number of nitro groups is 1. The van der Waals surface area contributed by atoms with Crippen LogP contribution >= 0.6 is 0 Å². The molecule has 0 amide bonds. The zero-order chi connectivity index (χ0) is 14.8. The molecule has 0 unspecified atom stereocenters. The summed E-state index contributed by atoms with van der Waals surface area (Å²) in [5, 5.41) is 21.9. The van der Waals surface area contributed by atoms with Crippen molar-refractivity contribution in [2.75, 3.05) is 6.54 Å². The van der Waals surface area contributed by atoms with E-state index in [0.717, 1.165) is 18.2 Å². The maximum Gasteiger partial charge on any atom is 0.282 e. The Morgan fingerprint density at radius 2 is 2.24 bits per heavy atom. The van der Waals surface area contributed by atoms with Crippen LogP contribution in [0.3, 0.4) is 0 Å². The van der Waals surface area contributed by atoms with Gasteiger partial charge in [-0.05, 0) is 25.0 Å². The van der Waals surface area contributed by atoms with Crippen LogP contribution in [0.4, 0.5) is 10.1 Å². The largest absolute Gasteiger partial charge is 0.420 e. The van der Waals surface area contributed by atoms with Crippen LogP contribution in [0.5, 0.6) is 0 Å². The van der Waals surface area contributed by atoms with Crippen LogP contribution in [0.2, 0.25) is 0 Å². The van der Waals surface area contributed by atoms with Crippen molar-refractivity contribution >= 4 is 5.69 Å². The van der Waals surface area contributed by atoms with Gasteiger partial charge >= 0.3 is 0 Å². The highest BCUT2D eigenvalue weighted by atomic mass is 19.1. The van der Waals surface area contributed by atoms with E-state index in [1.807, 2.05) is 0 Å². The molecule has 1 fully saturated rings. The van der Waals surface area contributed by atoms with Crippen molar-refractivity contribution in [3.63, 3.8) is 0 Å². The van der Waals surface area contributed by atoms with E-state index in [9.17, 15) is 14.5 Å². The molecule has 8 heteroatoms. The molecule has 1 aromatic heterocycles. The first-order valence-corrected chi connectivity index (χ1v) is 6.63. The van der Waals surface area contributed by atoms with Gasteiger partial charge in [0, 0.05) is 25.1 Å². The van der Waals surface area contributed by atoms with Crippen molar-refractivity contribution in [1.82, 2.24) is 15.5 Å². The fraction of sp³-hybridized carbons (Fsp3) is 0.385. The summed E-state index contributed by atoms with van der Waals surface area (Å²) in [6.07, 6.45) is 2.90. The Balaban J connectivity index is 1.78. The average Bonchev–Trinajstić information content (AvgIpc) is 3.14. The van der Waals surface area contributed by atoms with Crippen LogP contribution in [-0.2, 0) is 6.42 Å². The minimum atomic E-state index is -0.604. The molecule has 0 spiro atoms. The van der Waals surface area contributed by atoms with Gasteiger partial charge < -0.3 is 9.73 Å². The minimum absolute atomic E-state index is 0.00565. The van der Waals surface area contributed by atoms with Gasteiger partial charge in [-0.2, -0.15) is 0 Å². The van der Waals surface area contributed by atoms with Crippen LogP contribution in [0.25, 0.3) is 11.5 Å². The lowest BCUT2D eigenvalue weighted by Crippen LogP contribution is -2.19. The third-order valence-electron chi connectivity index (χ3n) is 3.20. The highest BCUT2D eigenvalue weighted by Gasteiger charge is 2.22. The lowest BCUT2D eigenvalue weighted by Gasteiger charge is -1.99. The molecule has 2 aromatic rings. The molecular formula is C13H13FN4O3. The predicted octanol–water partition coefficient (Wildman–Crippen LogP) is 2.08. The highest BCUT2D eigenvalue weighted by molar-refractivity contribution is 5.66. The minimum Gasteiger partial charge on any atom is -0.420 e. The molecule has 1 aromatic carbocycles. The number of benzene rings is 1. The Morgan fingerprint density at radius 3 is 2.95 bits per heavy atom. The first kappa shape index (κ1) is 13.6. The van der Waals surface area contributed by atoms with E-state index in [2.05, 4.69) is 15.5 Å². The fourth-order valence-electron chi connectivity index (χ4n) is 1.97. The number of hydrogen-bond donors (Lipinski definition) is 1. The maximum absolute atomic E-state index is 13.3. The smallest absolute Gasteiger partial charge is 0.282 e. The molecule has 110 valence electrons. The Hall–Kier alpha value is -2.35. The summed E-state index contributed by atoms with van der Waals surface area (Å²) in [7, 11) is 0. The van der Waals surface area contributed by atoms with Crippen molar-refractivity contribution in [3.8, 4) is 11.5 Å². The van der Waals surface area contributed by atoms with Crippen LogP contribution in [0.1, 0.15) is 18.7 Å². The SMILES string of the molecule is O=[N+]([O-])c1ccc(F)cc1-c1nnc(CCNC2CC2)o1. The summed E-state index contributed by atoms with van der Waals surface area (Å²) in [4.78, 5) is 10.3. The summed E-state index contributed by atoms with van der Waals surface area (Å²) in [5.74, 6) is -0.259. The summed E-state index contributed by atoms with van der Waals surface area (Å²) in [6, 6.07) is 3.72. The van der Waals surface area contributed by atoms with Crippen molar-refractivity contribution in [3.05, 3.63) is 40.0 Å². The van der Waals surface area contributed by atoms with Gasteiger partial charge in [0.1, 0.15) is 11.4 Å². The van der Waals surface area contributed by atoms with E-state index >= 15 is 0 Å². The third-order valence-corrected chi connectivity index (χ3v) is 3.20. The van der Waals surface area contributed by atoms with E-state index in [1.54, 1.807) is 0 Å². The van der Waals surface area contributed by atoms with Gasteiger partial charge in [0.25, 0.3) is 11.6 Å². The predicted molar refractivity (Wildman–Crippen MR) is 71.1 cm³/mol. The van der Waals surface area contributed by atoms with Gasteiger partial charge in [-0.1, -0.05) is 0 Å². The van der Waals surface area contributed by atoms with Crippen molar-refractivity contribution < 1.29 is 13.7 Å². The van der Waals surface area contributed by atoms with Crippen LogP contribution in [-0.4, -0.2) is 27.7 Å². The zero-order valence-electron chi connectivity index (χ0n) is 11.1. The molecule has 1 heterocycles. The van der Waals surface area contributed by atoms with Gasteiger partial charge in [-0.25, -0.2) is 4.39 Å². The van der Waals surface area contributed by atoms with Crippen molar-refractivity contribution in [2.24, 2.45) is 0 Å². The number of halogens is 1. The van der Waals surface area contributed by atoms with Crippen molar-refractivity contribution in [2.45, 2.75) is 25.3 Å². The lowest BCUT2D eigenvalue weighted by molar-refractivity contribution is -0.384. The normalized spacial score (nSPS) is 14.3. The molecular weight excluding hydrogens is 279 g/mol. The Labute approximate surface area is 119 Å². The topological polar surface area (TPSA) is 94.1 Å². The number of hydrogen-bond acceptors (Lipinski definition) is 6. The van der Waals surface area contributed by atoms with E-state index in [4.69, 9.17) is 4.42 Å². The molecule has 7 nitrogen and oxygen atoms in total. The number of rotatable bonds is 6. The van der Waals surface area contributed by atoms with Gasteiger partial charge in [0.15, 0.2) is 0 Å². The number of nitro benzene ring substituents is 1. The molecule has 1 aliphatic rings. The van der Waals surface area contributed by atoms with Gasteiger partial charge in [-0.3, -0.25) is 10.1 Å². The molecule has 0 bridgehead atoms.